The van der Waals surface area contributed by atoms with Gasteiger partial charge in [-0.15, -0.1) is 0 Å². The lowest BCUT2D eigenvalue weighted by Gasteiger charge is -2.17. The third-order valence-electron chi connectivity index (χ3n) is 2.49. The number of carbonyl (C=O) groups excluding carboxylic acids is 1. The summed E-state index contributed by atoms with van der Waals surface area (Å²) in [4.78, 5) is 12.7. The molecule has 0 atom stereocenters. The number of halogens is 3. The van der Waals surface area contributed by atoms with Crippen molar-refractivity contribution in [1.82, 2.24) is 4.90 Å². The smallest absolute Gasteiger partial charge is 0.262 e. The SMILES string of the molecule is COCCN(C)C(=O)c1cc(S(=O)(=O)Cl)c(Cl)cc1F. The van der Waals surface area contributed by atoms with E-state index < -0.39 is 31.2 Å². The van der Waals surface area contributed by atoms with Crippen molar-refractivity contribution in [3.05, 3.63) is 28.5 Å². The summed E-state index contributed by atoms with van der Waals surface area (Å²) in [6.07, 6.45) is 0. The van der Waals surface area contributed by atoms with Crippen LogP contribution in [0, 0.1) is 5.82 Å². The van der Waals surface area contributed by atoms with Crippen LogP contribution in [-0.4, -0.2) is 46.5 Å². The second-order valence-electron chi connectivity index (χ2n) is 3.92. The molecular formula is C11H12Cl2FNO4S. The zero-order valence-electron chi connectivity index (χ0n) is 10.7. The molecule has 0 aliphatic heterocycles. The number of rotatable bonds is 5. The number of benzene rings is 1. The predicted molar refractivity (Wildman–Crippen MR) is 73.3 cm³/mol. The van der Waals surface area contributed by atoms with Crippen molar-refractivity contribution >= 4 is 37.2 Å². The molecule has 0 aromatic heterocycles. The number of ether oxygens (including phenoxy) is 1. The Morgan fingerprint density at radius 1 is 1.45 bits per heavy atom. The van der Waals surface area contributed by atoms with E-state index in [0.29, 0.717) is 0 Å². The van der Waals surface area contributed by atoms with E-state index in [9.17, 15) is 17.6 Å². The van der Waals surface area contributed by atoms with Crippen LogP contribution in [0.25, 0.3) is 0 Å². The number of amides is 1. The lowest BCUT2D eigenvalue weighted by atomic mass is 10.2. The molecule has 5 nitrogen and oxygen atoms in total. The van der Waals surface area contributed by atoms with E-state index in [1.54, 1.807) is 0 Å². The molecule has 0 fully saturated rings. The van der Waals surface area contributed by atoms with Crippen LogP contribution < -0.4 is 0 Å². The van der Waals surface area contributed by atoms with Crippen LogP contribution in [0.15, 0.2) is 17.0 Å². The molecule has 0 saturated heterocycles. The highest BCUT2D eigenvalue weighted by atomic mass is 35.7. The van der Waals surface area contributed by atoms with Crippen molar-refractivity contribution in [3.8, 4) is 0 Å². The second-order valence-corrected chi connectivity index (χ2v) is 6.86. The fourth-order valence-electron chi connectivity index (χ4n) is 1.42. The van der Waals surface area contributed by atoms with Gasteiger partial charge in [-0.25, -0.2) is 12.8 Å². The highest BCUT2D eigenvalue weighted by Gasteiger charge is 2.23. The van der Waals surface area contributed by atoms with E-state index in [4.69, 9.17) is 27.0 Å². The summed E-state index contributed by atoms with van der Waals surface area (Å²) in [5.74, 6) is -1.62. The van der Waals surface area contributed by atoms with E-state index in [1.165, 1.54) is 19.1 Å². The Kier molecular flexibility index (Phi) is 5.76. The van der Waals surface area contributed by atoms with Gasteiger partial charge in [-0.05, 0) is 12.1 Å². The van der Waals surface area contributed by atoms with Gasteiger partial charge in [0.15, 0.2) is 0 Å². The first-order valence-electron chi connectivity index (χ1n) is 5.36. The minimum Gasteiger partial charge on any atom is -0.383 e. The molecular weight excluding hydrogens is 332 g/mol. The van der Waals surface area contributed by atoms with Crippen LogP contribution >= 0.6 is 22.3 Å². The van der Waals surface area contributed by atoms with Crippen LogP contribution in [0.3, 0.4) is 0 Å². The lowest BCUT2D eigenvalue weighted by Crippen LogP contribution is -2.30. The van der Waals surface area contributed by atoms with Crippen molar-refractivity contribution in [3.63, 3.8) is 0 Å². The van der Waals surface area contributed by atoms with E-state index in [1.807, 2.05) is 0 Å². The number of carbonyl (C=O) groups is 1. The van der Waals surface area contributed by atoms with E-state index in [-0.39, 0.29) is 18.2 Å². The number of hydrogen-bond acceptors (Lipinski definition) is 4. The summed E-state index contributed by atoms with van der Waals surface area (Å²) < 4.78 is 41.1. The van der Waals surface area contributed by atoms with Gasteiger partial charge >= 0.3 is 0 Å². The standard InChI is InChI=1S/C11H12Cl2FNO4S/c1-15(3-4-19-2)11(16)7-5-10(20(13,17)18)8(12)6-9(7)14/h5-6H,3-4H2,1-2H3. The van der Waals surface area contributed by atoms with Gasteiger partial charge in [0.25, 0.3) is 15.0 Å². The quantitative estimate of drug-likeness (QED) is 0.768. The maximum atomic E-state index is 13.8. The maximum absolute atomic E-state index is 13.8. The first-order chi connectivity index (χ1) is 9.18. The zero-order chi connectivity index (χ0) is 15.5. The summed E-state index contributed by atoms with van der Waals surface area (Å²) in [5.41, 5.74) is -0.424. The summed E-state index contributed by atoms with van der Waals surface area (Å²) in [6.45, 7) is 0.485. The van der Waals surface area contributed by atoms with Crippen LogP contribution in [0.2, 0.25) is 5.02 Å². The van der Waals surface area contributed by atoms with E-state index >= 15 is 0 Å². The average molecular weight is 344 g/mol. The summed E-state index contributed by atoms with van der Waals surface area (Å²) >= 11 is 5.61. The molecule has 0 aliphatic rings. The van der Waals surface area contributed by atoms with Gasteiger partial charge in [0, 0.05) is 31.4 Å². The van der Waals surface area contributed by atoms with Crippen molar-refractivity contribution in [2.24, 2.45) is 0 Å². The summed E-state index contributed by atoms with van der Waals surface area (Å²) in [5, 5.41) is -0.381. The normalized spacial score (nSPS) is 11.4. The van der Waals surface area contributed by atoms with Gasteiger partial charge < -0.3 is 9.64 Å². The van der Waals surface area contributed by atoms with Crippen LogP contribution in [-0.2, 0) is 13.8 Å². The Balaban J connectivity index is 3.22. The third kappa shape index (κ3) is 4.05. The average Bonchev–Trinajstić information content (AvgIpc) is 2.33. The maximum Gasteiger partial charge on any atom is 0.262 e. The van der Waals surface area contributed by atoms with Crippen molar-refractivity contribution in [1.29, 1.82) is 0 Å². The van der Waals surface area contributed by atoms with Gasteiger partial charge in [-0.2, -0.15) is 0 Å². The largest absolute Gasteiger partial charge is 0.383 e. The second kappa shape index (κ2) is 6.71. The van der Waals surface area contributed by atoms with Crippen LogP contribution in [0.1, 0.15) is 10.4 Å². The molecule has 112 valence electrons. The molecule has 20 heavy (non-hydrogen) atoms. The number of hydrogen-bond donors (Lipinski definition) is 0. The fourth-order valence-corrected chi connectivity index (χ4v) is 2.92. The molecule has 0 heterocycles. The first-order valence-corrected chi connectivity index (χ1v) is 8.05. The Morgan fingerprint density at radius 3 is 2.55 bits per heavy atom. The van der Waals surface area contributed by atoms with Gasteiger partial charge in [-0.1, -0.05) is 11.6 Å². The molecule has 0 spiro atoms. The minimum atomic E-state index is -4.17. The van der Waals surface area contributed by atoms with Gasteiger partial charge in [0.1, 0.15) is 10.7 Å². The molecule has 1 amide bonds. The predicted octanol–water partition coefficient (Wildman–Crippen LogP) is 2.12. The van der Waals surface area contributed by atoms with Crippen molar-refractivity contribution in [2.75, 3.05) is 27.3 Å². The van der Waals surface area contributed by atoms with E-state index in [0.717, 1.165) is 12.1 Å². The summed E-state index contributed by atoms with van der Waals surface area (Å²) in [6, 6.07) is 1.57. The molecule has 9 heteroatoms. The van der Waals surface area contributed by atoms with Gasteiger partial charge in [-0.3, -0.25) is 4.79 Å². The molecule has 0 radical (unpaired) electrons. The Bertz CT molecular complexity index is 621. The van der Waals surface area contributed by atoms with Gasteiger partial charge in [0.05, 0.1) is 17.2 Å². The number of methoxy groups -OCH3 is 1. The lowest BCUT2D eigenvalue weighted by molar-refractivity contribution is 0.0739. The summed E-state index contributed by atoms with van der Waals surface area (Å²) in [7, 11) is 3.90. The first kappa shape index (κ1) is 17.2. The van der Waals surface area contributed by atoms with Gasteiger partial charge in [0.2, 0.25) is 0 Å². The topological polar surface area (TPSA) is 63.7 Å². The molecule has 1 aromatic carbocycles. The Hall–Kier alpha value is -0.890. The van der Waals surface area contributed by atoms with Crippen LogP contribution in [0.5, 0.6) is 0 Å². The Labute approximate surface area is 125 Å². The number of likely N-dealkylation sites (N-methyl/N-ethyl adjacent to an activating group) is 1. The molecule has 0 N–H and O–H groups in total. The molecule has 0 bridgehead atoms. The fraction of sp³-hybridized carbons (Fsp3) is 0.364. The molecule has 0 saturated carbocycles. The molecule has 1 aromatic rings. The molecule has 1 rings (SSSR count). The van der Waals surface area contributed by atoms with Crippen LogP contribution in [0.4, 0.5) is 4.39 Å². The zero-order valence-corrected chi connectivity index (χ0v) is 13.0. The number of nitrogens with zero attached hydrogens (tertiary/aromatic N) is 1. The van der Waals surface area contributed by atoms with Crippen molar-refractivity contribution in [2.45, 2.75) is 4.90 Å². The molecule has 0 unspecified atom stereocenters. The Morgan fingerprint density at radius 2 is 2.05 bits per heavy atom. The third-order valence-corrected chi connectivity index (χ3v) is 4.28. The minimum absolute atomic E-state index is 0.223. The highest BCUT2D eigenvalue weighted by molar-refractivity contribution is 8.13. The van der Waals surface area contributed by atoms with E-state index in [2.05, 4.69) is 0 Å². The monoisotopic (exact) mass is 343 g/mol. The molecule has 0 aliphatic carbocycles. The highest BCUT2D eigenvalue weighted by Crippen LogP contribution is 2.28. The van der Waals surface area contributed by atoms with Crippen molar-refractivity contribution < 1.29 is 22.3 Å².